The van der Waals surface area contributed by atoms with Crippen LogP contribution in [-0.2, 0) is 0 Å². The number of carbonyl (C=O) groups is 1. The van der Waals surface area contributed by atoms with Crippen LogP contribution in [0.25, 0.3) is 0 Å². The van der Waals surface area contributed by atoms with Crippen LogP contribution >= 0.6 is 15.9 Å². The number of nitrogens with zero attached hydrogens (tertiary/aromatic N) is 1. The first-order valence-corrected chi connectivity index (χ1v) is 6.03. The van der Waals surface area contributed by atoms with E-state index in [0.29, 0.717) is 11.3 Å². The zero-order valence-electron chi connectivity index (χ0n) is 8.87. The molecule has 0 radical (unpaired) electrons. The quantitative estimate of drug-likeness (QED) is 0.759. The van der Waals surface area contributed by atoms with Crippen molar-refractivity contribution in [1.29, 1.82) is 0 Å². The summed E-state index contributed by atoms with van der Waals surface area (Å²) in [6, 6.07) is 5.32. The lowest BCUT2D eigenvalue weighted by atomic mass is 10.1. The van der Waals surface area contributed by atoms with Gasteiger partial charge in [-0.1, -0.05) is 0 Å². The molecule has 1 aromatic carbocycles. The van der Waals surface area contributed by atoms with Crippen molar-refractivity contribution < 1.29 is 4.79 Å². The lowest BCUT2D eigenvalue weighted by Gasteiger charge is -2.27. The first-order chi connectivity index (χ1) is 7.68. The molecule has 0 unspecified atom stereocenters. The van der Waals surface area contributed by atoms with Crippen LogP contribution in [0.15, 0.2) is 22.7 Å². The third kappa shape index (κ3) is 2.36. The van der Waals surface area contributed by atoms with Gasteiger partial charge in [-0.25, -0.2) is 0 Å². The first-order valence-electron chi connectivity index (χ1n) is 5.23. The predicted molar refractivity (Wildman–Crippen MR) is 67.3 cm³/mol. The van der Waals surface area contributed by atoms with Crippen molar-refractivity contribution in [3.63, 3.8) is 0 Å². The SMILES string of the molecule is Nc1cc(C(=O)N2CCNCC2)ccc1Br. The standard InChI is InChI=1S/C11H14BrN3O/c12-9-2-1-8(7-10(9)13)11(16)15-5-3-14-4-6-15/h1-2,7,14H,3-6,13H2. The minimum atomic E-state index is 0.0562. The summed E-state index contributed by atoms with van der Waals surface area (Å²) in [5, 5.41) is 3.22. The van der Waals surface area contributed by atoms with Crippen molar-refractivity contribution in [3.8, 4) is 0 Å². The molecule has 4 nitrogen and oxygen atoms in total. The van der Waals surface area contributed by atoms with Crippen molar-refractivity contribution in [2.24, 2.45) is 0 Å². The van der Waals surface area contributed by atoms with E-state index in [9.17, 15) is 4.79 Å². The van der Waals surface area contributed by atoms with Crippen LogP contribution < -0.4 is 11.1 Å². The van der Waals surface area contributed by atoms with Crippen LogP contribution in [0.4, 0.5) is 5.69 Å². The molecule has 1 aliphatic heterocycles. The maximum Gasteiger partial charge on any atom is 0.254 e. The number of hydrogen-bond donors (Lipinski definition) is 2. The maximum absolute atomic E-state index is 12.1. The highest BCUT2D eigenvalue weighted by molar-refractivity contribution is 9.10. The van der Waals surface area contributed by atoms with Crippen LogP contribution in [0.2, 0.25) is 0 Å². The number of nitrogens with two attached hydrogens (primary N) is 1. The Morgan fingerprint density at radius 1 is 1.38 bits per heavy atom. The van der Waals surface area contributed by atoms with Crippen molar-refractivity contribution in [3.05, 3.63) is 28.2 Å². The number of rotatable bonds is 1. The Kier molecular flexibility index (Phi) is 3.46. The molecule has 1 fully saturated rings. The lowest BCUT2D eigenvalue weighted by Crippen LogP contribution is -2.46. The summed E-state index contributed by atoms with van der Waals surface area (Å²) in [7, 11) is 0. The van der Waals surface area contributed by atoms with Crippen LogP contribution in [0, 0.1) is 0 Å². The number of anilines is 1. The smallest absolute Gasteiger partial charge is 0.254 e. The number of carbonyl (C=O) groups excluding carboxylic acids is 1. The van der Waals surface area contributed by atoms with Crippen LogP contribution in [-0.4, -0.2) is 37.0 Å². The van der Waals surface area contributed by atoms with E-state index in [-0.39, 0.29) is 5.91 Å². The number of hydrogen-bond acceptors (Lipinski definition) is 3. The molecule has 2 rings (SSSR count). The fraction of sp³-hybridized carbons (Fsp3) is 0.364. The van der Waals surface area contributed by atoms with E-state index in [1.165, 1.54) is 0 Å². The summed E-state index contributed by atoms with van der Waals surface area (Å²) in [5.41, 5.74) is 7.01. The molecular weight excluding hydrogens is 270 g/mol. The molecule has 3 N–H and O–H groups in total. The van der Waals surface area contributed by atoms with Gasteiger partial charge in [0.15, 0.2) is 0 Å². The molecule has 1 heterocycles. The molecule has 0 atom stereocenters. The Hall–Kier alpha value is -1.07. The molecule has 1 saturated heterocycles. The van der Waals surface area contributed by atoms with E-state index < -0.39 is 0 Å². The van der Waals surface area contributed by atoms with Crippen LogP contribution in [0.1, 0.15) is 10.4 Å². The van der Waals surface area contributed by atoms with Crippen molar-refractivity contribution >= 4 is 27.5 Å². The molecular formula is C11H14BrN3O. The molecule has 0 bridgehead atoms. The number of nitrogens with one attached hydrogen (secondary N) is 1. The Labute approximate surface area is 103 Å². The van der Waals surface area contributed by atoms with Gasteiger partial charge in [-0.2, -0.15) is 0 Å². The van der Waals surface area contributed by atoms with Gasteiger partial charge in [0.05, 0.1) is 0 Å². The fourth-order valence-electron chi connectivity index (χ4n) is 1.73. The van der Waals surface area contributed by atoms with Gasteiger partial charge < -0.3 is 16.0 Å². The fourth-order valence-corrected chi connectivity index (χ4v) is 1.97. The summed E-state index contributed by atoms with van der Waals surface area (Å²) in [5.74, 6) is 0.0562. The van der Waals surface area contributed by atoms with Gasteiger partial charge in [-0.05, 0) is 34.1 Å². The van der Waals surface area contributed by atoms with Gasteiger partial charge in [-0.3, -0.25) is 4.79 Å². The molecule has 0 aliphatic carbocycles. The Balaban J connectivity index is 2.16. The zero-order valence-corrected chi connectivity index (χ0v) is 10.5. The highest BCUT2D eigenvalue weighted by Crippen LogP contribution is 2.21. The normalized spacial score (nSPS) is 16.2. The van der Waals surface area contributed by atoms with E-state index in [1.807, 2.05) is 11.0 Å². The molecule has 1 aromatic rings. The molecule has 16 heavy (non-hydrogen) atoms. The average Bonchev–Trinajstić information content (AvgIpc) is 2.33. The van der Waals surface area contributed by atoms with Gasteiger partial charge in [-0.15, -0.1) is 0 Å². The molecule has 0 spiro atoms. The molecule has 86 valence electrons. The van der Waals surface area contributed by atoms with Gasteiger partial charge in [0.2, 0.25) is 0 Å². The molecule has 1 aliphatic rings. The van der Waals surface area contributed by atoms with Crippen molar-refractivity contribution in [1.82, 2.24) is 10.2 Å². The number of benzene rings is 1. The molecule has 1 amide bonds. The summed E-state index contributed by atoms with van der Waals surface area (Å²) in [6.45, 7) is 3.24. The minimum absolute atomic E-state index is 0.0562. The predicted octanol–water partition coefficient (Wildman–Crippen LogP) is 1.08. The second-order valence-corrected chi connectivity index (χ2v) is 4.63. The first kappa shape index (κ1) is 11.4. The van der Waals surface area contributed by atoms with Crippen molar-refractivity contribution in [2.45, 2.75) is 0 Å². The highest BCUT2D eigenvalue weighted by atomic mass is 79.9. The highest BCUT2D eigenvalue weighted by Gasteiger charge is 2.18. The number of amides is 1. The van der Waals surface area contributed by atoms with Gasteiger partial charge in [0, 0.05) is 41.9 Å². The van der Waals surface area contributed by atoms with Crippen molar-refractivity contribution in [2.75, 3.05) is 31.9 Å². The molecule has 0 aromatic heterocycles. The average molecular weight is 284 g/mol. The second kappa shape index (κ2) is 4.84. The van der Waals surface area contributed by atoms with Gasteiger partial charge in [0.1, 0.15) is 0 Å². The Morgan fingerprint density at radius 3 is 2.69 bits per heavy atom. The zero-order chi connectivity index (χ0) is 11.5. The minimum Gasteiger partial charge on any atom is -0.398 e. The third-order valence-corrected chi connectivity index (χ3v) is 3.37. The summed E-state index contributed by atoms with van der Waals surface area (Å²) < 4.78 is 0.823. The van der Waals surface area contributed by atoms with E-state index in [1.54, 1.807) is 12.1 Å². The number of nitrogen functional groups attached to an aromatic ring is 1. The van der Waals surface area contributed by atoms with E-state index in [4.69, 9.17) is 5.73 Å². The van der Waals surface area contributed by atoms with Gasteiger partial charge in [0.25, 0.3) is 5.91 Å². The summed E-state index contributed by atoms with van der Waals surface area (Å²) in [4.78, 5) is 13.9. The topological polar surface area (TPSA) is 58.4 Å². The largest absolute Gasteiger partial charge is 0.398 e. The second-order valence-electron chi connectivity index (χ2n) is 3.78. The van der Waals surface area contributed by atoms with Crippen LogP contribution in [0.5, 0.6) is 0 Å². The molecule has 5 heteroatoms. The van der Waals surface area contributed by atoms with E-state index in [2.05, 4.69) is 21.2 Å². The number of piperazine rings is 1. The maximum atomic E-state index is 12.1. The van der Waals surface area contributed by atoms with Gasteiger partial charge >= 0.3 is 0 Å². The van der Waals surface area contributed by atoms with E-state index >= 15 is 0 Å². The monoisotopic (exact) mass is 283 g/mol. The third-order valence-electron chi connectivity index (χ3n) is 2.65. The Morgan fingerprint density at radius 2 is 2.06 bits per heavy atom. The Bertz CT molecular complexity index is 402. The lowest BCUT2D eigenvalue weighted by molar-refractivity contribution is 0.0736. The summed E-state index contributed by atoms with van der Waals surface area (Å²) in [6.07, 6.45) is 0. The number of halogens is 1. The van der Waals surface area contributed by atoms with Crippen LogP contribution in [0.3, 0.4) is 0 Å². The molecule has 0 saturated carbocycles. The summed E-state index contributed by atoms with van der Waals surface area (Å²) >= 11 is 3.31. The van der Waals surface area contributed by atoms with E-state index in [0.717, 1.165) is 30.7 Å².